The quantitative estimate of drug-likeness (QED) is 0.582. The summed E-state index contributed by atoms with van der Waals surface area (Å²) in [5.74, 6) is -0.780. The summed E-state index contributed by atoms with van der Waals surface area (Å²) in [6.07, 6.45) is 4.39. The van der Waals surface area contributed by atoms with Crippen LogP contribution in [0, 0.1) is 12.8 Å². The number of amides is 3. The molecule has 3 amide bonds. The van der Waals surface area contributed by atoms with Crippen molar-refractivity contribution in [2.75, 3.05) is 11.9 Å². The summed E-state index contributed by atoms with van der Waals surface area (Å²) in [5.41, 5.74) is 7.72. The number of nitrogens with two attached hydrogens (primary N) is 1. The third-order valence-electron chi connectivity index (χ3n) is 4.90. The van der Waals surface area contributed by atoms with Crippen molar-refractivity contribution in [1.29, 1.82) is 0 Å². The third-order valence-corrected chi connectivity index (χ3v) is 4.90. The minimum Gasteiger partial charge on any atom is -0.349 e. The van der Waals surface area contributed by atoms with Gasteiger partial charge in [-0.25, -0.2) is 0 Å². The fourth-order valence-electron chi connectivity index (χ4n) is 3.07. The van der Waals surface area contributed by atoms with E-state index in [1.807, 2.05) is 20.8 Å². The van der Waals surface area contributed by atoms with Gasteiger partial charge in [-0.15, -0.1) is 0 Å². The van der Waals surface area contributed by atoms with Gasteiger partial charge in [-0.3, -0.25) is 14.4 Å². The monoisotopic (exact) mass is 374 g/mol. The van der Waals surface area contributed by atoms with Crippen LogP contribution in [0.25, 0.3) is 0 Å². The van der Waals surface area contributed by atoms with E-state index >= 15 is 0 Å². The third kappa shape index (κ3) is 6.06. The minimum absolute atomic E-state index is 0.00164. The molecule has 0 heterocycles. The fourth-order valence-corrected chi connectivity index (χ4v) is 3.07. The summed E-state index contributed by atoms with van der Waals surface area (Å²) < 4.78 is 0. The summed E-state index contributed by atoms with van der Waals surface area (Å²) >= 11 is 0. The Kier molecular flexibility index (Phi) is 7.36. The molecular formula is C20H30N4O3. The second-order valence-electron chi connectivity index (χ2n) is 7.52. The number of rotatable bonds is 7. The predicted octanol–water partition coefficient (Wildman–Crippen LogP) is 1.71. The van der Waals surface area contributed by atoms with Crippen LogP contribution in [-0.2, 0) is 9.59 Å². The van der Waals surface area contributed by atoms with Gasteiger partial charge in [-0.1, -0.05) is 26.7 Å². The number of hydrogen-bond donors (Lipinski definition) is 4. The first-order valence-electron chi connectivity index (χ1n) is 9.52. The highest BCUT2D eigenvalue weighted by molar-refractivity contribution is 5.98. The summed E-state index contributed by atoms with van der Waals surface area (Å²) in [6.45, 7) is 5.37. The molecule has 1 saturated carbocycles. The zero-order valence-electron chi connectivity index (χ0n) is 16.3. The zero-order chi connectivity index (χ0) is 20.0. The number of anilines is 1. The van der Waals surface area contributed by atoms with E-state index < -0.39 is 6.04 Å². The standard InChI is InChI=1S/C20H30N4O3/c1-12(2)18(21)20(27)22-11-17(25)24-16-9-8-14(10-13(16)3)19(26)23-15-6-4-5-7-15/h8-10,12,15,18H,4-7,11,21H2,1-3H3,(H,22,27)(H,23,26)(H,24,25)/t18-/m0/s1. The summed E-state index contributed by atoms with van der Waals surface area (Å²) in [6, 6.07) is 4.78. The molecule has 0 aromatic heterocycles. The van der Waals surface area contributed by atoms with E-state index in [2.05, 4.69) is 16.0 Å². The van der Waals surface area contributed by atoms with E-state index in [0.29, 0.717) is 11.3 Å². The van der Waals surface area contributed by atoms with Crippen molar-refractivity contribution in [2.24, 2.45) is 11.7 Å². The molecule has 0 unspecified atom stereocenters. The van der Waals surface area contributed by atoms with Crippen LogP contribution in [0.1, 0.15) is 55.5 Å². The second-order valence-corrected chi connectivity index (χ2v) is 7.52. The molecule has 1 aliphatic carbocycles. The SMILES string of the molecule is Cc1cc(C(=O)NC2CCCC2)ccc1NC(=O)CNC(=O)[C@@H](N)C(C)C. The molecule has 0 spiro atoms. The van der Waals surface area contributed by atoms with Gasteiger partial charge in [-0.05, 0) is 49.4 Å². The molecule has 148 valence electrons. The molecule has 1 atom stereocenters. The normalized spacial score (nSPS) is 15.4. The Morgan fingerprint density at radius 2 is 1.85 bits per heavy atom. The molecule has 7 nitrogen and oxygen atoms in total. The molecule has 7 heteroatoms. The van der Waals surface area contributed by atoms with Crippen LogP contribution in [-0.4, -0.2) is 36.3 Å². The maximum Gasteiger partial charge on any atom is 0.251 e. The van der Waals surface area contributed by atoms with Crippen molar-refractivity contribution in [3.8, 4) is 0 Å². The lowest BCUT2D eigenvalue weighted by Crippen LogP contribution is -2.46. The summed E-state index contributed by atoms with van der Waals surface area (Å²) in [7, 11) is 0. The molecule has 1 fully saturated rings. The van der Waals surface area contributed by atoms with Gasteiger partial charge >= 0.3 is 0 Å². The largest absolute Gasteiger partial charge is 0.349 e. The first-order chi connectivity index (χ1) is 12.8. The summed E-state index contributed by atoms with van der Waals surface area (Å²) in [4.78, 5) is 36.2. The van der Waals surface area contributed by atoms with E-state index in [-0.39, 0.29) is 36.2 Å². The first kappa shape index (κ1) is 20.9. The van der Waals surface area contributed by atoms with Crippen LogP contribution >= 0.6 is 0 Å². The predicted molar refractivity (Wildman–Crippen MR) is 105 cm³/mol. The lowest BCUT2D eigenvalue weighted by atomic mass is 10.1. The molecule has 1 aromatic rings. The van der Waals surface area contributed by atoms with Crippen molar-refractivity contribution < 1.29 is 14.4 Å². The van der Waals surface area contributed by atoms with Crippen LogP contribution in [0.3, 0.4) is 0 Å². The Morgan fingerprint density at radius 3 is 2.44 bits per heavy atom. The van der Waals surface area contributed by atoms with Gasteiger partial charge < -0.3 is 21.7 Å². The van der Waals surface area contributed by atoms with Gasteiger partial charge in [0.2, 0.25) is 11.8 Å². The number of nitrogens with one attached hydrogen (secondary N) is 3. The topological polar surface area (TPSA) is 113 Å². The fraction of sp³-hybridized carbons (Fsp3) is 0.550. The molecule has 1 aliphatic rings. The van der Waals surface area contributed by atoms with Crippen LogP contribution in [0.15, 0.2) is 18.2 Å². The van der Waals surface area contributed by atoms with Gasteiger partial charge in [0.1, 0.15) is 0 Å². The van der Waals surface area contributed by atoms with Gasteiger partial charge in [-0.2, -0.15) is 0 Å². The van der Waals surface area contributed by atoms with E-state index in [0.717, 1.165) is 31.2 Å². The summed E-state index contributed by atoms with van der Waals surface area (Å²) in [5, 5.41) is 8.33. The van der Waals surface area contributed by atoms with E-state index in [1.54, 1.807) is 18.2 Å². The van der Waals surface area contributed by atoms with Crippen LogP contribution in [0.2, 0.25) is 0 Å². The number of carbonyl (C=O) groups is 3. The molecule has 0 radical (unpaired) electrons. The highest BCUT2D eigenvalue weighted by Gasteiger charge is 2.19. The molecular weight excluding hydrogens is 344 g/mol. The second kappa shape index (κ2) is 9.50. The van der Waals surface area contributed by atoms with E-state index in [4.69, 9.17) is 5.73 Å². The lowest BCUT2D eigenvalue weighted by molar-refractivity contribution is -0.125. The maximum atomic E-state index is 12.3. The van der Waals surface area contributed by atoms with Crippen LogP contribution in [0.5, 0.6) is 0 Å². The Labute approximate surface area is 160 Å². The number of benzene rings is 1. The molecule has 27 heavy (non-hydrogen) atoms. The van der Waals surface area contributed by atoms with Crippen molar-refractivity contribution >= 4 is 23.4 Å². The zero-order valence-corrected chi connectivity index (χ0v) is 16.3. The van der Waals surface area contributed by atoms with E-state index in [1.165, 1.54) is 0 Å². The highest BCUT2D eigenvalue weighted by Crippen LogP contribution is 2.20. The Hall–Kier alpha value is -2.41. The molecule has 0 aliphatic heterocycles. The molecule has 0 bridgehead atoms. The van der Waals surface area contributed by atoms with Crippen molar-refractivity contribution in [2.45, 2.75) is 58.5 Å². The molecule has 0 saturated heterocycles. The first-order valence-corrected chi connectivity index (χ1v) is 9.52. The van der Waals surface area contributed by atoms with Crippen molar-refractivity contribution in [3.63, 3.8) is 0 Å². The Balaban J connectivity index is 1.88. The van der Waals surface area contributed by atoms with Gasteiger partial charge in [0.05, 0.1) is 12.6 Å². The molecule has 2 rings (SSSR count). The van der Waals surface area contributed by atoms with Gasteiger partial charge in [0.25, 0.3) is 5.91 Å². The lowest BCUT2D eigenvalue weighted by Gasteiger charge is -2.16. The van der Waals surface area contributed by atoms with Crippen molar-refractivity contribution in [1.82, 2.24) is 10.6 Å². The van der Waals surface area contributed by atoms with Crippen LogP contribution in [0.4, 0.5) is 5.69 Å². The van der Waals surface area contributed by atoms with E-state index in [9.17, 15) is 14.4 Å². The van der Waals surface area contributed by atoms with Gasteiger partial charge in [0.15, 0.2) is 0 Å². The highest BCUT2D eigenvalue weighted by atomic mass is 16.2. The average molecular weight is 374 g/mol. The molecule has 1 aromatic carbocycles. The average Bonchev–Trinajstić information content (AvgIpc) is 3.13. The minimum atomic E-state index is -0.641. The van der Waals surface area contributed by atoms with Crippen molar-refractivity contribution in [3.05, 3.63) is 29.3 Å². The Morgan fingerprint density at radius 1 is 1.19 bits per heavy atom. The number of aryl methyl sites for hydroxylation is 1. The Bertz CT molecular complexity index is 696. The van der Waals surface area contributed by atoms with Crippen LogP contribution < -0.4 is 21.7 Å². The van der Waals surface area contributed by atoms with Gasteiger partial charge in [0, 0.05) is 17.3 Å². The number of carbonyl (C=O) groups excluding carboxylic acids is 3. The number of hydrogen-bond acceptors (Lipinski definition) is 4. The smallest absolute Gasteiger partial charge is 0.251 e. The molecule has 5 N–H and O–H groups in total. The maximum absolute atomic E-state index is 12.3.